The number of fused-ring (bicyclic) bond motifs is 4. The summed E-state index contributed by atoms with van der Waals surface area (Å²) >= 11 is 1.30. The Hall–Kier alpha value is -6.52. The summed E-state index contributed by atoms with van der Waals surface area (Å²) in [6, 6.07) is 33.4. The molecule has 2 amide bonds. The summed E-state index contributed by atoms with van der Waals surface area (Å²) < 4.78 is 17.5. The highest BCUT2D eigenvalue weighted by Gasteiger charge is 2.37. The normalized spacial score (nSPS) is 17.7. The first-order chi connectivity index (χ1) is 30.7. The lowest BCUT2D eigenvalue weighted by Gasteiger charge is -2.43. The first-order valence-corrected chi connectivity index (χ1v) is 21.8. The fraction of sp³-hybridized carbons (Fsp3) is 0.292. The number of pyridine rings is 1. The molecule has 14 nitrogen and oxygen atoms in total. The SMILES string of the molecule is O=C(NC(c1ccccc1)c1cccc(OCc2ccc(C(=O)OCCNC(=O)c3ccc(CNCC(O)c4ccc(O)c5[nH]c(=O)ccc45)s3)cc2)c1)OC1CN2CCC1CC2. The van der Waals surface area contributed by atoms with E-state index in [1.165, 1.54) is 23.5 Å². The van der Waals surface area contributed by atoms with E-state index in [0.29, 0.717) is 39.6 Å². The fourth-order valence-corrected chi connectivity index (χ4v) is 8.98. The molecule has 6 N–H and O–H groups in total. The van der Waals surface area contributed by atoms with Gasteiger partial charge in [-0.05, 0) is 103 Å². The summed E-state index contributed by atoms with van der Waals surface area (Å²) in [6.45, 7) is 3.88. The number of aliphatic hydroxyl groups is 1. The molecule has 3 fully saturated rings. The third-order valence-corrected chi connectivity index (χ3v) is 12.5. The number of esters is 1. The molecule has 0 spiro atoms. The third kappa shape index (κ3) is 10.9. The zero-order valence-corrected chi connectivity index (χ0v) is 35.3. The molecular weight excluding hydrogens is 823 g/mol. The molecule has 9 rings (SSSR count). The van der Waals surface area contributed by atoms with Gasteiger partial charge in [0.1, 0.15) is 30.8 Å². The molecule has 3 aliphatic rings. The lowest BCUT2D eigenvalue weighted by Crippen LogP contribution is -2.52. The van der Waals surface area contributed by atoms with E-state index in [2.05, 4.69) is 25.8 Å². The summed E-state index contributed by atoms with van der Waals surface area (Å²) in [5.74, 6) is 0.140. The van der Waals surface area contributed by atoms with Crippen molar-refractivity contribution in [3.05, 3.63) is 163 Å². The molecular formula is C48H49N5O9S. The summed E-state index contributed by atoms with van der Waals surface area (Å²) in [7, 11) is 0. The highest BCUT2D eigenvalue weighted by Crippen LogP contribution is 2.32. The molecule has 3 atom stereocenters. The van der Waals surface area contributed by atoms with E-state index < -0.39 is 24.2 Å². The summed E-state index contributed by atoms with van der Waals surface area (Å²) in [4.78, 5) is 56.8. The molecule has 4 aromatic carbocycles. The number of aromatic hydroxyl groups is 1. The van der Waals surface area contributed by atoms with Crippen molar-refractivity contribution >= 4 is 40.2 Å². The number of aromatic amines is 1. The van der Waals surface area contributed by atoms with Gasteiger partial charge in [0, 0.05) is 36.0 Å². The maximum Gasteiger partial charge on any atom is 0.408 e. The minimum atomic E-state index is -0.909. The predicted octanol–water partition coefficient (Wildman–Crippen LogP) is 6.19. The molecule has 3 unspecified atom stereocenters. The van der Waals surface area contributed by atoms with E-state index >= 15 is 0 Å². The van der Waals surface area contributed by atoms with Crippen molar-refractivity contribution in [1.82, 2.24) is 25.8 Å². The van der Waals surface area contributed by atoms with Gasteiger partial charge in [0.15, 0.2) is 0 Å². The average molecular weight is 872 g/mol. The largest absolute Gasteiger partial charge is 0.506 e. The fourth-order valence-electron chi connectivity index (χ4n) is 8.09. The van der Waals surface area contributed by atoms with Crippen molar-refractivity contribution in [2.24, 2.45) is 5.92 Å². The number of hydrogen-bond donors (Lipinski definition) is 6. The molecule has 2 aromatic heterocycles. The number of rotatable bonds is 17. The molecule has 15 heteroatoms. The van der Waals surface area contributed by atoms with Crippen molar-refractivity contribution in [3.8, 4) is 11.5 Å². The Morgan fingerprint density at radius 3 is 2.46 bits per heavy atom. The van der Waals surface area contributed by atoms with Gasteiger partial charge in [-0.15, -0.1) is 11.3 Å². The van der Waals surface area contributed by atoms with Crippen molar-refractivity contribution in [1.29, 1.82) is 0 Å². The predicted molar refractivity (Wildman–Crippen MR) is 238 cm³/mol. The second-order valence-corrected chi connectivity index (χ2v) is 16.9. The number of nitrogens with zero attached hydrogens (tertiary/aromatic N) is 1. The smallest absolute Gasteiger partial charge is 0.408 e. The standard InChI is InChI=1S/C48H49N5O9S/c54-39-16-14-37(38-15-18-43(56)51-45(38)39)40(55)27-49-26-36-13-17-42(63-36)46(57)50-21-24-60-47(58)33-11-9-30(10-12-33)29-61-35-8-4-7-34(25-35)44(32-5-2-1-3-6-32)52-48(59)62-41-28-53-22-19-31(41)20-23-53/h1-18,25,31,40-41,44,49,54-55H,19-24,26-29H2,(H,50,57)(H,51,56)(H,52,59). The summed E-state index contributed by atoms with van der Waals surface area (Å²) in [5.41, 5.74) is 3.45. The van der Waals surface area contributed by atoms with Gasteiger partial charge >= 0.3 is 12.1 Å². The van der Waals surface area contributed by atoms with Crippen LogP contribution in [0.1, 0.15) is 72.1 Å². The number of carbonyl (C=O) groups excluding carboxylic acids is 3. The number of thiophene rings is 1. The van der Waals surface area contributed by atoms with E-state index in [0.717, 1.165) is 54.0 Å². The Kier molecular flexibility index (Phi) is 13.8. The minimum absolute atomic E-state index is 0.0143. The van der Waals surface area contributed by atoms with Crippen LogP contribution in [0.15, 0.2) is 120 Å². The number of phenols is 1. The van der Waals surface area contributed by atoms with Gasteiger partial charge in [-0.25, -0.2) is 9.59 Å². The highest BCUT2D eigenvalue weighted by atomic mass is 32.1. The van der Waals surface area contributed by atoms with E-state index in [4.69, 9.17) is 14.2 Å². The molecule has 3 aliphatic heterocycles. The number of alkyl carbamates (subject to hydrolysis) is 1. The third-order valence-electron chi connectivity index (χ3n) is 11.4. The number of amides is 2. The van der Waals surface area contributed by atoms with Gasteiger partial charge in [-0.3, -0.25) is 14.5 Å². The molecule has 326 valence electrons. The number of aromatic nitrogens is 1. The molecule has 0 radical (unpaired) electrons. The van der Waals surface area contributed by atoms with Crippen molar-refractivity contribution < 1.29 is 38.8 Å². The summed E-state index contributed by atoms with van der Waals surface area (Å²) in [6.07, 6.45) is 0.666. The number of piperidine rings is 3. The van der Waals surface area contributed by atoms with Crippen LogP contribution in [-0.2, 0) is 22.6 Å². The topological polar surface area (TPSA) is 192 Å². The lowest BCUT2D eigenvalue weighted by atomic mass is 9.86. The second kappa shape index (κ2) is 20.1. The Balaban J connectivity index is 0.762. The number of carbonyl (C=O) groups is 3. The zero-order chi connectivity index (χ0) is 43.7. The quantitative estimate of drug-likeness (QED) is 0.0453. The molecule has 0 aliphatic carbocycles. The molecule has 5 heterocycles. The number of benzene rings is 4. The molecule has 63 heavy (non-hydrogen) atoms. The molecule has 2 bridgehead atoms. The molecule has 3 saturated heterocycles. The van der Waals surface area contributed by atoms with Gasteiger partial charge in [0.25, 0.3) is 5.91 Å². The number of ether oxygens (including phenoxy) is 3. The van der Waals surface area contributed by atoms with Crippen LogP contribution >= 0.6 is 11.3 Å². The lowest BCUT2D eigenvalue weighted by molar-refractivity contribution is -0.0336. The Bertz CT molecular complexity index is 2590. The number of aliphatic hydroxyl groups excluding tert-OH is 1. The first kappa shape index (κ1) is 43.1. The van der Waals surface area contributed by atoms with Gasteiger partial charge in [-0.1, -0.05) is 60.7 Å². The van der Waals surface area contributed by atoms with E-state index in [1.54, 1.807) is 42.5 Å². The van der Waals surface area contributed by atoms with Crippen LogP contribution < -0.4 is 26.2 Å². The minimum Gasteiger partial charge on any atom is -0.506 e. The maximum absolute atomic E-state index is 13.2. The monoisotopic (exact) mass is 871 g/mol. The number of nitrogens with one attached hydrogen (secondary N) is 4. The van der Waals surface area contributed by atoms with Crippen molar-refractivity contribution in [3.63, 3.8) is 0 Å². The van der Waals surface area contributed by atoms with Gasteiger partial charge < -0.3 is 45.4 Å². The van der Waals surface area contributed by atoms with E-state index in [1.807, 2.05) is 60.7 Å². The number of phenolic OH excluding ortho intramolecular Hbond substituents is 1. The Morgan fingerprint density at radius 1 is 0.889 bits per heavy atom. The number of H-pyrrole nitrogens is 1. The van der Waals surface area contributed by atoms with Crippen LogP contribution in [-0.4, -0.2) is 83.5 Å². The van der Waals surface area contributed by atoms with Crippen LogP contribution in [0.3, 0.4) is 0 Å². The van der Waals surface area contributed by atoms with Gasteiger partial charge in [0.2, 0.25) is 5.56 Å². The zero-order valence-electron chi connectivity index (χ0n) is 34.5. The van der Waals surface area contributed by atoms with E-state index in [9.17, 15) is 29.4 Å². The average Bonchev–Trinajstić information content (AvgIpc) is 3.79. The van der Waals surface area contributed by atoms with Gasteiger partial charge in [-0.2, -0.15) is 0 Å². The molecule has 6 aromatic rings. The number of hydrogen-bond acceptors (Lipinski definition) is 12. The second-order valence-electron chi connectivity index (χ2n) is 15.7. The van der Waals surface area contributed by atoms with E-state index in [-0.39, 0.29) is 55.1 Å². The first-order valence-electron chi connectivity index (χ1n) is 21.0. The van der Waals surface area contributed by atoms with Crippen LogP contribution in [0.4, 0.5) is 4.79 Å². The van der Waals surface area contributed by atoms with Crippen LogP contribution in [0, 0.1) is 5.92 Å². The Morgan fingerprint density at radius 2 is 1.68 bits per heavy atom. The highest BCUT2D eigenvalue weighted by molar-refractivity contribution is 7.14. The van der Waals surface area contributed by atoms with Crippen molar-refractivity contribution in [2.45, 2.75) is 44.2 Å². The van der Waals surface area contributed by atoms with Crippen LogP contribution in [0.5, 0.6) is 11.5 Å². The Labute approximate surface area is 367 Å². The maximum atomic E-state index is 13.2. The molecule has 0 saturated carbocycles. The summed E-state index contributed by atoms with van der Waals surface area (Å²) in [5, 5.41) is 30.5. The van der Waals surface area contributed by atoms with Crippen LogP contribution in [0.25, 0.3) is 10.9 Å². The van der Waals surface area contributed by atoms with Crippen molar-refractivity contribution in [2.75, 3.05) is 39.3 Å². The van der Waals surface area contributed by atoms with Gasteiger partial charge in [0.05, 0.1) is 34.6 Å². The van der Waals surface area contributed by atoms with Crippen LogP contribution in [0.2, 0.25) is 0 Å².